The van der Waals surface area contributed by atoms with Crippen molar-refractivity contribution < 1.29 is 18.5 Å². The molecule has 0 aliphatic carbocycles. The molecule has 0 aliphatic heterocycles. The molecule has 0 unspecified atom stereocenters. The minimum Gasteiger partial charge on any atom is -0.756 e. The van der Waals surface area contributed by atoms with Crippen LogP contribution in [0.3, 0.4) is 0 Å². The molecule has 94 valence electrons. The van der Waals surface area contributed by atoms with Crippen LogP contribution in [0.4, 0.5) is 0 Å². The molecule has 0 atom stereocenters. The van der Waals surface area contributed by atoms with Crippen LogP contribution in [0.5, 0.6) is 0 Å². The van der Waals surface area contributed by atoms with Crippen LogP contribution in [0.2, 0.25) is 0 Å². The zero-order valence-corrected chi connectivity index (χ0v) is 12.6. The molecule has 0 aromatic carbocycles. The van der Waals surface area contributed by atoms with Crippen molar-refractivity contribution in [1.29, 1.82) is 0 Å². The van der Waals surface area contributed by atoms with Gasteiger partial charge in [-0.2, -0.15) is 0 Å². The summed E-state index contributed by atoms with van der Waals surface area (Å²) in [6.45, 7) is 11.8. The topological polar surface area (TPSA) is 58.6 Å². The fraction of sp³-hybridized carbons (Fsp3) is 1.00. The molecule has 0 saturated carbocycles. The van der Waals surface area contributed by atoms with Gasteiger partial charge in [0.2, 0.25) is 0 Å². The van der Waals surface area contributed by atoms with Crippen molar-refractivity contribution >= 4 is 15.1 Å². The minimum atomic E-state index is -3.90. The van der Waals surface area contributed by atoms with Gasteiger partial charge in [-0.25, -0.2) is 0 Å². The number of phosphoric acid groups is 1. The van der Waals surface area contributed by atoms with E-state index in [0.29, 0.717) is 0 Å². The summed E-state index contributed by atoms with van der Waals surface area (Å²) >= 11 is 0. The molecular weight excluding hydrogens is 234 g/mol. The Morgan fingerprint density at radius 3 is 1.53 bits per heavy atom. The van der Waals surface area contributed by atoms with Crippen LogP contribution in [-0.4, -0.2) is 40.4 Å². The number of hydrogen-bond acceptors (Lipinski definition) is 4. The van der Waals surface area contributed by atoms with Gasteiger partial charge in [-0.05, 0) is 5.92 Å². The summed E-state index contributed by atoms with van der Waals surface area (Å²) in [4.78, 5) is 9.95. The average Bonchev–Trinajstić information content (AvgIpc) is 2.01. The molecule has 0 N–H and O–H groups in total. The monoisotopic (exact) mass is 258 g/mol. The average molecular weight is 258 g/mol. The second-order valence-electron chi connectivity index (χ2n) is 4.68. The molecule has 0 aromatic rings. The Morgan fingerprint density at radius 1 is 1.20 bits per heavy atom. The van der Waals surface area contributed by atoms with Gasteiger partial charge in [-0.15, -0.1) is 0 Å². The van der Waals surface area contributed by atoms with Gasteiger partial charge in [0.1, 0.15) is 0 Å². The largest absolute Gasteiger partial charge is 0.756 e. The highest BCUT2D eigenvalue weighted by Gasteiger charge is 2.17. The Balaban J connectivity index is 0. The summed E-state index contributed by atoms with van der Waals surface area (Å²) < 4.78 is 17.7. The van der Waals surface area contributed by atoms with Gasteiger partial charge in [0.05, 0.1) is 6.16 Å². The molecule has 0 fully saturated rings. The quantitative estimate of drug-likeness (QED) is 0.726. The highest BCUT2D eigenvalue weighted by atomic mass is 31.2. The molecule has 0 saturated heterocycles. The van der Waals surface area contributed by atoms with Crippen molar-refractivity contribution in [2.24, 2.45) is 5.92 Å². The van der Waals surface area contributed by atoms with Crippen molar-refractivity contribution in [3.8, 4) is 0 Å². The van der Waals surface area contributed by atoms with Gasteiger partial charge >= 0.3 is 0 Å². The Labute approximate surface area is 94.3 Å². The SMILES string of the molecule is CC(C)C[P+](C)(C)C.COP(=O)([O-])OC. The standard InChI is InChI=1S/C7H18P.C2H7O4P/c1-7(2)6-8(3,4)5;1-5-7(3,4)6-2/h7H,6H2,1-5H3;1-2H3,(H,3,4)/q+1;/p-1. The Bertz CT molecular complexity index is 191. The van der Waals surface area contributed by atoms with E-state index in [2.05, 4.69) is 42.9 Å². The van der Waals surface area contributed by atoms with Gasteiger partial charge in [0, 0.05) is 41.5 Å². The van der Waals surface area contributed by atoms with Gasteiger partial charge < -0.3 is 13.9 Å². The van der Waals surface area contributed by atoms with E-state index in [9.17, 15) is 9.46 Å². The summed E-state index contributed by atoms with van der Waals surface area (Å²) in [7, 11) is -2.30. The summed E-state index contributed by atoms with van der Waals surface area (Å²) in [5.74, 6) is 0.892. The maximum atomic E-state index is 9.95. The first-order valence-electron chi connectivity index (χ1n) is 4.77. The zero-order chi connectivity index (χ0) is 12.7. The first-order chi connectivity index (χ1) is 6.54. The van der Waals surface area contributed by atoms with E-state index in [0.717, 1.165) is 20.1 Å². The fourth-order valence-electron chi connectivity index (χ4n) is 1.17. The second kappa shape index (κ2) is 7.76. The minimum absolute atomic E-state index is 0.472. The lowest BCUT2D eigenvalue weighted by molar-refractivity contribution is -0.220. The van der Waals surface area contributed by atoms with Crippen molar-refractivity contribution in [3.05, 3.63) is 0 Å². The summed E-state index contributed by atoms with van der Waals surface area (Å²) in [6, 6.07) is 0. The highest BCUT2D eigenvalue weighted by Crippen LogP contribution is 2.47. The molecule has 0 radical (unpaired) electrons. The molecule has 15 heavy (non-hydrogen) atoms. The van der Waals surface area contributed by atoms with Crippen molar-refractivity contribution in [3.63, 3.8) is 0 Å². The zero-order valence-electron chi connectivity index (χ0n) is 10.8. The third kappa shape index (κ3) is 17.2. The van der Waals surface area contributed by atoms with Crippen LogP contribution in [0.1, 0.15) is 13.8 Å². The smallest absolute Gasteiger partial charge is 0.267 e. The van der Waals surface area contributed by atoms with Crippen molar-refractivity contribution in [2.75, 3.05) is 40.4 Å². The Hall–Kier alpha value is 0.540. The fourth-order valence-corrected chi connectivity index (χ4v) is 3.51. The van der Waals surface area contributed by atoms with Crippen LogP contribution in [-0.2, 0) is 13.6 Å². The molecule has 6 heteroatoms. The van der Waals surface area contributed by atoms with E-state index >= 15 is 0 Å². The van der Waals surface area contributed by atoms with Crippen LogP contribution in [0.15, 0.2) is 0 Å². The Morgan fingerprint density at radius 2 is 1.53 bits per heavy atom. The first-order valence-corrected chi connectivity index (χ1v) is 9.54. The molecule has 0 bridgehead atoms. The molecule has 0 heterocycles. The summed E-state index contributed by atoms with van der Waals surface area (Å²) in [5.41, 5.74) is 0. The maximum Gasteiger partial charge on any atom is 0.267 e. The van der Waals surface area contributed by atoms with Crippen molar-refractivity contribution in [1.82, 2.24) is 0 Å². The van der Waals surface area contributed by atoms with E-state index in [1.165, 1.54) is 6.16 Å². The number of rotatable bonds is 4. The number of hydrogen-bond donors (Lipinski definition) is 0. The van der Waals surface area contributed by atoms with Crippen molar-refractivity contribution in [2.45, 2.75) is 13.8 Å². The third-order valence-corrected chi connectivity index (χ3v) is 4.08. The predicted molar refractivity (Wildman–Crippen MR) is 66.0 cm³/mol. The van der Waals surface area contributed by atoms with E-state index in [4.69, 9.17) is 0 Å². The first kappa shape index (κ1) is 17.9. The molecule has 0 aliphatic rings. The summed E-state index contributed by atoms with van der Waals surface area (Å²) in [5, 5.41) is 0. The Kier molecular flexibility index (Phi) is 9.26. The lowest BCUT2D eigenvalue weighted by Crippen LogP contribution is -2.02. The highest BCUT2D eigenvalue weighted by molar-refractivity contribution is 7.73. The predicted octanol–water partition coefficient (Wildman–Crippen LogP) is 2.30. The van der Waals surface area contributed by atoms with E-state index in [-0.39, 0.29) is 0 Å². The molecule has 0 spiro atoms. The van der Waals surface area contributed by atoms with Crippen LogP contribution >= 0.6 is 15.1 Å². The lowest BCUT2D eigenvalue weighted by atomic mass is 10.3. The van der Waals surface area contributed by atoms with E-state index < -0.39 is 15.1 Å². The van der Waals surface area contributed by atoms with E-state index in [1.807, 2.05) is 0 Å². The molecule has 0 amide bonds. The van der Waals surface area contributed by atoms with E-state index in [1.54, 1.807) is 0 Å². The van der Waals surface area contributed by atoms with Crippen LogP contribution in [0.25, 0.3) is 0 Å². The van der Waals surface area contributed by atoms with Crippen LogP contribution in [0, 0.1) is 5.92 Å². The molecule has 0 aromatic heterocycles. The normalized spacial score (nSPS) is 12.3. The van der Waals surface area contributed by atoms with Crippen LogP contribution < -0.4 is 4.89 Å². The number of phosphoric ester groups is 1. The lowest BCUT2D eigenvalue weighted by Gasteiger charge is -2.16. The van der Waals surface area contributed by atoms with Gasteiger partial charge in [0.15, 0.2) is 0 Å². The molecule has 0 rings (SSSR count). The van der Waals surface area contributed by atoms with Gasteiger partial charge in [0.25, 0.3) is 7.82 Å². The van der Waals surface area contributed by atoms with Gasteiger partial charge in [-0.1, -0.05) is 13.8 Å². The molecule has 4 nitrogen and oxygen atoms in total. The van der Waals surface area contributed by atoms with Gasteiger partial charge in [-0.3, -0.25) is 4.57 Å². The molecular formula is C9H24O4P2. The third-order valence-electron chi connectivity index (χ3n) is 1.36. The maximum absolute atomic E-state index is 9.95. The summed E-state index contributed by atoms with van der Waals surface area (Å²) in [6.07, 6.45) is 1.44. The second-order valence-corrected chi connectivity index (χ2v) is 11.2.